The van der Waals surface area contributed by atoms with E-state index in [1.807, 2.05) is 24.3 Å². The lowest BCUT2D eigenvalue weighted by atomic mass is 9.81. The second-order valence-electron chi connectivity index (χ2n) is 7.30. The van der Waals surface area contributed by atoms with Gasteiger partial charge in [-0.15, -0.1) is 0 Å². The zero-order valence-corrected chi connectivity index (χ0v) is 14.6. The van der Waals surface area contributed by atoms with Gasteiger partial charge in [0.05, 0.1) is 12.0 Å². The molecule has 5 heteroatoms. The molecule has 1 aromatic rings. The third-order valence-corrected chi connectivity index (χ3v) is 5.83. The van der Waals surface area contributed by atoms with Crippen molar-refractivity contribution >= 4 is 23.5 Å². The number of carboxylic acids is 1. The molecule has 0 bridgehead atoms. The Morgan fingerprint density at radius 3 is 2.17 bits per heavy atom. The number of amides is 1. The molecule has 2 aliphatic carbocycles. The van der Waals surface area contributed by atoms with E-state index in [1.54, 1.807) is 0 Å². The van der Waals surface area contributed by atoms with Gasteiger partial charge in [-0.05, 0) is 61.6 Å². The van der Waals surface area contributed by atoms with Crippen molar-refractivity contribution in [2.24, 2.45) is 23.7 Å². The quantitative estimate of drug-likeness (QED) is 0.842. The summed E-state index contributed by atoms with van der Waals surface area (Å²) in [6.45, 7) is 2.21. The summed E-state index contributed by atoms with van der Waals surface area (Å²) in [5.41, 5.74) is 1.10. The van der Waals surface area contributed by atoms with E-state index in [1.165, 1.54) is 0 Å². The van der Waals surface area contributed by atoms with Crippen molar-refractivity contribution in [3.05, 3.63) is 34.9 Å². The van der Waals surface area contributed by atoms with Gasteiger partial charge in [-0.2, -0.15) is 0 Å². The monoisotopic (exact) mass is 349 g/mol. The number of hydrogen-bond acceptors (Lipinski definition) is 2. The van der Waals surface area contributed by atoms with E-state index >= 15 is 0 Å². The number of hydrogen-bond donors (Lipinski definition) is 2. The predicted octanol–water partition coefficient (Wildman–Crippen LogP) is 4.04. The fraction of sp³-hybridized carbons (Fsp3) is 0.579. The molecular weight excluding hydrogens is 326 g/mol. The summed E-state index contributed by atoms with van der Waals surface area (Å²) in [5.74, 6) is 0.0748. The fourth-order valence-electron chi connectivity index (χ4n) is 3.80. The van der Waals surface area contributed by atoms with Gasteiger partial charge in [0, 0.05) is 10.9 Å². The first-order valence-electron chi connectivity index (χ1n) is 8.74. The Kier molecular flexibility index (Phi) is 5.14. The van der Waals surface area contributed by atoms with Crippen molar-refractivity contribution in [2.75, 3.05) is 0 Å². The Hall–Kier alpha value is -1.55. The van der Waals surface area contributed by atoms with Crippen molar-refractivity contribution < 1.29 is 14.7 Å². The molecule has 0 aromatic heterocycles. The summed E-state index contributed by atoms with van der Waals surface area (Å²) in [6.07, 6.45) is 3.64. The van der Waals surface area contributed by atoms with Gasteiger partial charge >= 0.3 is 5.97 Å². The molecule has 0 radical (unpaired) electrons. The number of carbonyl (C=O) groups excluding carboxylic acids is 1. The number of aliphatic carboxylic acids is 1. The number of carbonyl (C=O) groups is 2. The van der Waals surface area contributed by atoms with Crippen LogP contribution in [0.3, 0.4) is 0 Å². The highest BCUT2D eigenvalue weighted by molar-refractivity contribution is 6.30. The largest absolute Gasteiger partial charge is 0.481 e. The van der Waals surface area contributed by atoms with Crippen LogP contribution in [0, 0.1) is 23.7 Å². The van der Waals surface area contributed by atoms with E-state index in [4.69, 9.17) is 16.7 Å². The van der Waals surface area contributed by atoms with Crippen molar-refractivity contribution in [2.45, 2.75) is 45.1 Å². The lowest BCUT2D eigenvalue weighted by molar-refractivity contribution is -0.144. The molecule has 130 valence electrons. The van der Waals surface area contributed by atoms with Gasteiger partial charge in [-0.1, -0.05) is 30.7 Å². The SMILES string of the molecule is CC1CC1C(NC(=O)C1CCC(C(=O)O)CC1)c1ccc(Cl)cc1. The molecule has 3 atom stereocenters. The summed E-state index contributed by atoms with van der Waals surface area (Å²) >= 11 is 5.97. The molecule has 1 aromatic carbocycles. The molecule has 0 heterocycles. The number of rotatable bonds is 5. The number of carboxylic acid groups (broad SMARTS) is 1. The molecule has 0 saturated heterocycles. The third-order valence-electron chi connectivity index (χ3n) is 5.57. The van der Waals surface area contributed by atoms with Crippen LogP contribution in [-0.4, -0.2) is 17.0 Å². The Bertz CT molecular complexity index is 608. The van der Waals surface area contributed by atoms with Crippen LogP contribution >= 0.6 is 11.6 Å². The molecule has 2 N–H and O–H groups in total. The normalized spacial score (nSPS) is 30.4. The van der Waals surface area contributed by atoms with Crippen molar-refractivity contribution in [1.82, 2.24) is 5.32 Å². The minimum atomic E-state index is -0.736. The number of benzene rings is 1. The molecule has 24 heavy (non-hydrogen) atoms. The van der Waals surface area contributed by atoms with Crippen LogP contribution in [0.25, 0.3) is 0 Å². The van der Waals surface area contributed by atoms with Crippen molar-refractivity contribution in [3.8, 4) is 0 Å². The van der Waals surface area contributed by atoms with Gasteiger partial charge in [0.25, 0.3) is 0 Å². The van der Waals surface area contributed by atoms with Gasteiger partial charge in [0.2, 0.25) is 5.91 Å². The first kappa shape index (κ1) is 17.3. The van der Waals surface area contributed by atoms with Gasteiger partial charge in [-0.25, -0.2) is 0 Å². The molecule has 3 unspecified atom stereocenters. The average molecular weight is 350 g/mol. The first-order chi connectivity index (χ1) is 11.5. The maximum Gasteiger partial charge on any atom is 0.306 e. The predicted molar refractivity (Wildman–Crippen MR) is 92.7 cm³/mol. The van der Waals surface area contributed by atoms with E-state index in [9.17, 15) is 9.59 Å². The van der Waals surface area contributed by atoms with Crippen LogP contribution in [0.1, 0.15) is 50.6 Å². The lowest BCUT2D eigenvalue weighted by Gasteiger charge is -2.28. The van der Waals surface area contributed by atoms with Crippen molar-refractivity contribution in [1.29, 1.82) is 0 Å². The second-order valence-corrected chi connectivity index (χ2v) is 7.74. The minimum absolute atomic E-state index is 0.0296. The Morgan fingerprint density at radius 1 is 1.12 bits per heavy atom. The average Bonchev–Trinajstić information content (AvgIpc) is 3.30. The molecule has 1 amide bonds. The zero-order valence-electron chi connectivity index (χ0n) is 13.9. The molecule has 3 rings (SSSR count). The minimum Gasteiger partial charge on any atom is -0.481 e. The fourth-order valence-corrected chi connectivity index (χ4v) is 3.92. The van der Waals surface area contributed by atoms with Crippen LogP contribution in [0.4, 0.5) is 0 Å². The Balaban J connectivity index is 1.64. The maximum absolute atomic E-state index is 12.7. The molecule has 4 nitrogen and oxygen atoms in total. The topological polar surface area (TPSA) is 66.4 Å². The van der Waals surface area contributed by atoms with Crippen LogP contribution < -0.4 is 5.32 Å². The smallest absolute Gasteiger partial charge is 0.306 e. The molecule has 2 saturated carbocycles. The molecule has 0 spiro atoms. The highest BCUT2D eigenvalue weighted by atomic mass is 35.5. The van der Waals surface area contributed by atoms with Gasteiger partial charge in [-0.3, -0.25) is 9.59 Å². The van der Waals surface area contributed by atoms with E-state index < -0.39 is 5.97 Å². The Morgan fingerprint density at radius 2 is 1.67 bits per heavy atom. The molecule has 2 aliphatic rings. The van der Waals surface area contributed by atoms with Gasteiger partial charge in [0.1, 0.15) is 0 Å². The highest BCUT2D eigenvalue weighted by Crippen LogP contribution is 2.47. The van der Waals surface area contributed by atoms with E-state index in [0.717, 1.165) is 12.0 Å². The molecular formula is C19H24ClNO3. The summed E-state index contributed by atoms with van der Waals surface area (Å²) in [6, 6.07) is 7.73. The van der Waals surface area contributed by atoms with E-state index in [2.05, 4.69) is 12.2 Å². The maximum atomic E-state index is 12.7. The van der Waals surface area contributed by atoms with Crippen LogP contribution in [-0.2, 0) is 9.59 Å². The highest BCUT2D eigenvalue weighted by Gasteiger charge is 2.42. The van der Waals surface area contributed by atoms with Gasteiger partial charge < -0.3 is 10.4 Å². The van der Waals surface area contributed by atoms with Crippen LogP contribution in [0.15, 0.2) is 24.3 Å². The van der Waals surface area contributed by atoms with Crippen LogP contribution in [0.5, 0.6) is 0 Å². The second kappa shape index (κ2) is 7.14. The van der Waals surface area contributed by atoms with Crippen molar-refractivity contribution in [3.63, 3.8) is 0 Å². The lowest BCUT2D eigenvalue weighted by Crippen LogP contribution is -2.37. The molecule has 2 fully saturated rings. The zero-order chi connectivity index (χ0) is 17.3. The molecule has 0 aliphatic heterocycles. The Labute approximate surface area is 147 Å². The summed E-state index contributed by atoms with van der Waals surface area (Å²) in [4.78, 5) is 23.7. The first-order valence-corrected chi connectivity index (χ1v) is 9.12. The third kappa shape index (κ3) is 3.92. The van der Waals surface area contributed by atoms with Gasteiger partial charge in [0.15, 0.2) is 0 Å². The standard InChI is InChI=1S/C19H24ClNO3/c1-11-10-16(11)17(12-6-8-15(20)9-7-12)21-18(22)13-2-4-14(5-3-13)19(23)24/h6-9,11,13-14,16-17H,2-5,10H2,1H3,(H,21,22)(H,23,24). The van der Waals surface area contributed by atoms with Crippen LogP contribution in [0.2, 0.25) is 5.02 Å². The summed E-state index contributed by atoms with van der Waals surface area (Å²) in [7, 11) is 0. The number of halogens is 1. The van der Waals surface area contributed by atoms with E-state index in [-0.39, 0.29) is 23.8 Å². The van der Waals surface area contributed by atoms with E-state index in [0.29, 0.717) is 42.5 Å². The summed E-state index contributed by atoms with van der Waals surface area (Å²) < 4.78 is 0. The number of nitrogens with one attached hydrogen (secondary N) is 1. The summed E-state index contributed by atoms with van der Waals surface area (Å²) in [5, 5.41) is 13.0.